The summed E-state index contributed by atoms with van der Waals surface area (Å²) in [6.07, 6.45) is -0.111. The molecule has 3 aromatic rings. The minimum atomic E-state index is -0.831. The van der Waals surface area contributed by atoms with Crippen LogP contribution in [0.5, 0.6) is 17.2 Å². The molecule has 0 saturated heterocycles. The lowest BCUT2D eigenvalue weighted by Gasteiger charge is -2.23. The van der Waals surface area contributed by atoms with E-state index in [1.54, 1.807) is 24.3 Å². The highest BCUT2D eigenvalue weighted by Crippen LogP contribution is 2.49. The Morgan fingerprint density at radius 2 is 1.72 bits per heavy atom. The summed E-state index contributed by atoms with van der Waals surface area (Å²) in [5.74, 6) is -3.34. The largest absolute Gasteiger partial charge is 0.504 e. The Hall–Kier alpha value is -3.48. The van der Waals surface area contributed by atoms with Gasteiger partial charge in [0.1, 0.15) is 16.7 Å². The molecule has 0 spiro atoms. The third-order valence-electron chi connectivity index (χ3n) is 4.98. The first-order valence-corrected chi connectivity index (χ1v) is 9.13. The van der Waals surface area contributed by atoms with Gasteiger partial charge in [-0.3, -0.25) is 9.59 Å². The molecule has 0 aliphatic rings. The molecule has 0 aliphatic carbocycles. The van der Waals surface area contributed by atoms with Gasteiger partial charge < -0.3 is 24.5 Å². The van der Waals surface area contributed by atoms with Crippen LogP contribution in [0.1, 0.15) is 31.7 Å². The maximum absolute atomic E-state index is 12.8. The number of methoxy groups -OCH3 is 1. The Balaban J connectivity index is 2.40. The summed E-state index contributed by atoms with van der Waals surface area (Å²) >= 11 is 0. The molecule has 1 atom stereocenters. The van der Waals surface area contributed by atoms with E-state index >= 15 is 0 Å². The number of carbonyl (C=O) groups is 1. The van der Waals surface area contributed by atoms with Crippen molar-refractivity contribution in [3.63, 3.8) is 0 Å². The monoisotopic (exact) mass is 398 g/mol. The Morgan fingerprint density at radius 3 is 2.31 bits per heavy atom. The maximum atomic E-state index is 12.8. The number of ether oxygens (including phenoxy) is 1. The number of fused-ring (bicyclic) bond motifs is 1. The van der Waals surface area contributed by atoms with Crippen LogP contribution in [0.3, 0.4) is 0 Å². The first kappa shape index (κ1) is 20.3. The van der Waals surface area contributed by atoms with Crippen LogP contribution in [-0.4, -0.2) is 28.4 Å². The topological polar surface area (TPSA) is 117 Å². The molecule has 7 nitrogen and oxygen atoms in total. The highest BCUT2D eigenvalue weighted by molar-refractivity contribution is 5.93. The van der Waals surface area contributed by atoms with Crippen LogP contribution < -0.4 is 5.43 Å². The predicted octanol–water partition coefficient (Wildman–Crippen LogP) is 3.88. The molecule has 152 valence electrons. The normalized spacial score (nSPS) is 12.3. The minimum absolute atomic E-state index is 0.0746. The van der Waals surface area contributed by atoms with Crippen molar-refractivity contribution in [2.75, 3.05) is 7.11 Å². The van der Waals surface area contributed by atoms with Gasteiger partial charge in [0, 0.05) is 23.1 Å². The SMILES string of the molecule is COC(=O)C[C@@H](c1c(O)c(O)c(O)c2c(=O)cc(-c3ccccc3)oc12)C(C)C. The van der Waals surface area contributed by atoms with Crippen LogP contribution in [0, 0.1) is 5.92 Å². The van der Waals surface area contributed by atoms with Gasteiger partial charge in [-0.25, -0.2) is 0 Å². The third kappa shape index (κ3) is 3.63. The second kappa shape index (κ2) is 7.87. The Morgan fingerprint density at radius 1 is 1.07 bits per heavy atom. The van der Waals surface area contributed by atoms with E-state index in [9.17, 15) is 24.9 Å². The number of hydrogen-bond acceptors (Lipinski definition) is 7. The predicted molar refractivity (Wildman–Crippen MR) is 107 cm³/mol. The summed E-state index contributed by atoms with van der Waals surface area (Å²) in [5.41, 5.74) is 0.0376. The van der Waals surface area contributed by atoms with Crippen molar-refractivity contribution in [3.05, 3.63) is 52.2 Å². The van der Waals surface area contributed by atoms with E-state index < -0.39 is 34.6 Å². The molecule has 0 aliphatic heterocycles. The molecule has 3 rings (SSSR count). The molecule has 0 bridgehead atoms. The van der Waals surface area contributed by atoms with Crippen LogP contribution in [0.2, 0.25) is 0 Å². The number of benzene rings is 2. The van der Waals surface area contributed by atoms with Crippen LogP contribution >= 0.6 is 0 Å². The quantitative estimate of drug-likeness (QED) is 0.441. The van der Waals surface area contributed by atoms with Gasteiger partial charge >= 0.3 is 5.97 Å². The lowest BCUT2D eigenvalue weighted by Crippen LogP contribution is -2.15. The number of phenols is 3. The smallest absolute Gasteiger partial charge is 0.306 e. The zero-order valence-corrected chi connectivity index (χ0v) is 16.3. The molecule has 1 aromatic heterocycles. The molecular formula is C22H22O7. The average Bonchev–Trinajstić information content (AvgIpc) is 2.71. The summed E-state index contributed by atoms with van der Waals surface area (Å²) in [6.45, 7) is 3.64. The van der Waals surface area contributed by atoms with Crippen molar-refractivity contribution < 1.29 is 29.3 Å². The number of carbonyl (C=O) groups excluding carboxylic acids is 1. The molecule has 0 unspecified atom stereocenters. The summed E-state index contributed by atoms with van der Waals surface area (Å²) in [4.78, 5) is 24.7. The minimum Gasteiger partial charge on any atom is -0.504 e. The second-order valence-corrected chi connectivity index (χ2v) is 7.14. The Bertz CT molecular complexity index is 1110. The molecule has 2 aromatic carbocycles. The first-order chi connectivity index (χ1) is 13.8. The van der Waals surface area contributed by atoms with E-state index in [1.165, 1.54) is 13.2 Å². The third-order valence-corrected chi connectivity index (χ3v) is 4.98. The summed E-state index contributed by atoms with van der Waals surface area (Å²) in [6, 6.07) is 10.1. The van der Waals surface area contributed by atoms with Crippen molar-refractivity contribution in [2.45, 2.75) is 26.2 Å². The van der Waals surface area contributed by atoms with Gasteiger partial charge in [0.25, 0.3) is 0 Å². The average molecular weight is 398 g/mol. The van der Waals surface area contributed by atoms with Gasteiger partial charge in [-0.15, -0.1) is 0 Å². The Kier molecular flexibility index (Phi) is 5.50. The first-order valence-electron chi connectivity index (χ1n) is 9.13. The molecule has 0 fully saturated rings. The standard InChI is InChI=1S/C22H22O7/c1-11(2)13(9-16(24)28-3)17-19(25)21(27)20(26)18-14(23)10-15(29-22(17)18)12-7-5-4-6-8-12/h4-8,10-11,13,25-27H,9H2,1-3H3/t13-/m1/s1. The molecule has 1 heterocycles. The van der Waals surface area contributed by atoms with Crippen LogP contribution in [0.15, 0.2) is 45.6 Å². The lowest BCUT2D eigenvalue weighted by atomic mass is 9.83. The molecule has 0 radical (unpaired) electrons. The highest BCUT2D eigenvalue weighted by Gasteiger charge is 2.31. The van der Waals surface area contributed by atoms with Crippen LogP contribution in [-0.2, 0) is 9.53 Å². The van der Waals surface area contributed by atoms with Gasteiger partial charge in [0.15, 0.2) is 16.9 Å². The van der Waals surface area contributed by atoms with Gasteiger partial charge in [-0.1, -0.05) is 44.2 Å². The van der Waals surface area contributed by atoms with E-state index in [0.29, 0.717) is 5.56 Å². The fourth-order valence-electron chi connectivity index (χ4n) is 3.40. The number of esters is 1. The number of hydrogen-bond donors (Lipinski definition) is 3. The summed E-state index contributed by atoms with van der Waals surface area (Å²) < 4.78 is 10.7. The number of aromatic hydroxyl groups is 3. The van der Waals surface area contributed by atoms with Crippen molar-refractivity contribution in [2.24, 2.45) is 5.92 Å². The Labute approximate surface area is 166 Å². The highest BCUT2D eigenvalue weighted by atomic mass is 16.5. The van der Waals surface area contributed by atoms with E-state index in [-0.39, 0.29) is 34.6 Å². The van der Waals surface area contributed by atoms with Gasteiger partial charge in [0.05, 0.1) is 13.5 Å². The fraction of sp³-hybridized carbons (Fsp3) is 0.273. The van der Waals surface area contributed by atoms with Crippen molar-refractivity contribution in [1.82, 2.24) is 0 Å². The number of rotatable bonds is 5. The van der Waals surface area contributed by atoms with Crippen LogP contribution in [0.4, 0.5) is 0 Å². The van der Waals surface area contributed by atoms with E-state index in [1.807, 2.05) is 19.9 Å². The van der Waals surface area contributed by atoms with Crippen molar-refractivity contribution >= 4 is 16.9 Å². The molecule has 0 saturated carbocycles. The van der Waals surface area contributed by atoms with Crippen molar-refractivity contribution in [1.29, 1.82) is 0 Å². The van der Waals surface area contributed by atoms with Gasteiger partial charge in [-0.2, -0.15) is 0 Å². The maximum Gasteiger partial charge on any atom is 0.306 e. The summed E-state index contributed by atoms with van der Waals surface area (Å²) in [7, 11) is 1.25. The summed E-state index contributed by atoms with van der Waals surface area (Å²) in [5, 5.41) is 30.9. The molecule has 29 heavy (non-hydrogen) atoms. The fourth-order valence-corrected chi connectivity index (χ4v) is 3.40. The lowest BCUT2D eigenvalue weighted by molar-refractivity contribution is -0.141. The van der Waals surface area contributed by atoms with Gasteiger partial charge in [0.2, 0.25) is 5.75 Å². The second-order valence-electron chi connectivity index (χ2n) is 7.14. The van der Waals surface area contributed by atoms with Gasteiger partial charge in [-0.05, 0) is 5.92 Å². The zero-order valence-electron chi connectivity index (χ0n) is 16.3. The van der Waals surface area contributed by atoms with E-state index in [4.69, 9.17) is 9.15 Å². The number of phenolic OH excluding ortho intramolecular Hbond substituents is 3. The van der Waals surface area contributed by atoms with E-state index in [2.05, 4.69) is 0 Å². The van der Waals surface area contributed by atoms with Crippen LogP contribution in [0.25, 0.3) is 22.3 Å². The molecule has 3 N–H and O–H groups in total. The molecule has 7 heteroatoms. The zero-order chi connectivity index (χ0) is 21.3. The molecule has 0 amide bonds. The molecular weight excluding hydrogens is 376 g/mol. The van der Waals surface area contributed by atoms with E-state index in [0.717, 1.165) is 0 Å². The van der Waals surface area contributed by atoms with Crippen molar-refractivity contribution in [3.8, 4) is 28.6 Å².